The minimum Gasteiger partial charge on any atom is -0.249 e. The molecule has 0 atom stereocenters. The molecule has 0 aromatic carbocycles. The van der Waals surface area contributed by atoms with Crippen LogP contribution in [0.2, 0.25) is 0 Å². The molecule has 0 radical (unpaired) electrons. The summed E-state index contributed by atoms with van der Waals surface area (Å²) in [6.07, 6.45) is 4.73. The van der Waals surface area contributed by atoms with E-state index in [9.17, 15) is 0 Å². The standard InChI is InChI=1S/C6H7Br2N.C3H8/c1-3-6(8)9-4-5(2)7;1-3-2/h3-4H,2H2,1H3;3H2,1-2H3/b6-3-,9-4-;. The third kappa shape index (κ3) is 16.6. The van der Waals surface area contributed by atoms with Gasteiger partial charge in [-0.25, -0.2) is 4.99 Å². The van der Waals surface area contributed by atoms with E-state index in [4.69, 9.17) is 0 Å². The molecule has 0 N–H and O–H groups in total. The van der Waals surface area contributed by atoms with Crippen molar-refractivity contribution in [3.63, 3.8) is 0 Å². The molecule has 0 spiro atoms. The lowest BCUT2D eigenvalue weighted by Gasteiger charge is -1.83. The second-order valence-corrected chi connectivity index (χ2v) is 3.85. The van der Waals surface area contributed by atoms with Crippen molar-refractivity contribution >= 4 is 38.1 Å². The van der Waals surface area contributed by atoms with E-state index in [1.807, 2.05) is 13.0 Å². The Kier molecular flexibility index (Phi) is 13.5. The van der Waals surface area contributed by atoms with E-state index in [1.54, 1.807) is 6.21 Å². The van der Waals surface area contributed by atoms with Gasteiger partial charge in [-0.2, -0.15) is 0 Å². The largest absolute Gasteiger partial charge is 0.249 e. The van der Waals surface area contributed by atoms with E-state index in [1.165, 1.54) is 6.42 Å². The number of aliphatic imine (C=N–C) groups is 1. The molecule has 0 rings (SSSR count). The van der Waals surface area contributed by atoms with Crippen molar-refractivity contribution < 1.29 is 0 Å². The van der Waals surface area contributed by atoms with Crippen molar-refractivity contribution in [1.29, 1.82) is 0 Å². The predicted octanol–water partition coefficient (Wildman–Crippen LogP) is 4.64. The molecule has 0 fully saturated rings. The van der Waals surface area contributed by atoms with Crippen LogP contribution < -0.4 is 0 Å². The summed E-state index contributed by atoms with van der Waals surface area (Å²) >= 11 is 6.35. The first-order valence-electron chi connectivity index (χ1n) is 3.78. The fourth-order valence-electron chi connectivity index (χ4n) is 0.206. The molecule has 0 amide bonds. The average Bonchev–Trinajstić information content (AvgIpc) is 2.01. The number of hydrogen-bond donors (Lipinski definition) is 0. The molecule has 0 saturated carbocycles. The Morgan fingerprint density at radius 2 is 1.83 bits per heavy atom. The fraction of sp³-hybridized carbons (Fsp3) is 0.444. The molecule has 0 aromatic heterocycles. The van der Waals surface area contributed by atoms with E-state index in [0.29, 0.717) is 0 Å². The highest BCUT2D eigenvalue weighted by atomic mass is 79.9. The Bertz CT molecular complexity index is 171. The first-order chi connectivity index (χ1) is 5.58. The molecule has 0 aliphatic heterocycles. The van der Waals surface area contributed by atoms with Crippen molar-refractivity contribution in [3.05, 3.63) is 21.7 Å². The maximum absolute atomic E-state index is 3.95. The predicted molar refractivity (Wildman–Crippen MR) is 65.2 cm³/mol. The number of nitrogens with zero attached hydrogens (tertiary/aromatic N) is 1. The summed E-state index contributed by atoms with van der Waals surface area (Å²) in [6, 6.07) is 0. The van der Waals surface area contributed by atoms with Crippen LogP contribution in [0, 0.1) is 0 Å². The van der Waals surface area contributed by atoms with Gasteiger partial charge in [0.1, 0.15) is 4.61 Å². The van der Waals surface area contributed by atoms with Crippen LogP contribution >= 0.6 is 31.9 Å². The molecule has 0 bridgehead atoms. The molecular weight excluding hydrogens is 282 g/mol. The van der Waals surface area contributed by atoms with Gasteiger partial charge in [-0.05, 0) is 38.8 Å². The van der Waals surface area contributed by atoms with Gasteiger partial charge in [0.05, 0.1) is 0 Å². The Balaban J connectivity index is 0. The third-order valence-electron chi connectivity index (χ3n) is 0.566. The highest BCUT2D eigenvalue weighted by molar-refractivity contribution is 9.12. The molecule has 12 heavy (non-hydrogen) atoms. The van der Waals surface area contributed by atoms with E-state index < -0.39 is 0 Å². The lowest BCUT2D eigenvalue weighted by Crippen LogP contribution is -1.68. The lowest BCUT2D eigenvalue weighted by atomic mass is 10.6. The van der Waals surface area contributed by atoms with Gasteiger partial charge in [0, 0.05) is 10.7 Å². The van der Waals surface area contributed by atoms with E-state index in [-0.39, 0.29) is 0 Å². The Morgan fingerprint density at radius 1 is 1.42 bits per heavy atom. The zero-order valence-corrected chi connectivity index (χ0v) is 10.9. The van der Waals surface area contributed by atoms with Crippen molar-refractivity contribution in [2.24, 2.45) is 4.99 Å². The van der Waals surface area contributed by atoms with Crippen LogP contribution in [0.5, 0.6) is 0 Å². The summed E-state index contributed by atoms with van der Waals surface area (Å²) < 4.78 is 1.57. The number of allylic oxidation sites excluding steroid dienone is 2. The molecule has 0 aromatic rings. The molecule has 0 heterocycles. The third-order valence-corrected chi connectivity index (χ3v) is 1.43. The van der Waals surface area contributed by atoms with E-state index >= 15 is 0 Å². The monoisotopic (exact) mass is 295 g/mol. The molecule has 0 unspecified atom stereocenters. The highest BCUT2D eigenvalue weighted by Gasteiger charge is 1.80. The second kappa shape index (κ2) is 11.1. The normalized spacial score (nSPS) is 10.9. The van der Waals surface area contributed by atoms with Crippen molar-refractivity contribution in [2.75, 3.05) is 0 Å². The lowest BCUT2D eigenvalue weighted by molar-refractivity contribution is 1.09. The fourth-order valence-corrected chi connectivity index (χ4v) is 0.411. The number of hydrogen-bond acceptors (Lipinski definition) is 1. The van der Waals surface area contributed by atoms with Crippen LogP contribution in [0.4, 0.5) is 0 Å². The van der Waals surface area contributed by atoms with Gasteiger partial charge < -0.3 is 0 Å². The molecule has 70 valence electrons. The van der Waals surface area contributed by atoms with Crippen LogP contribution in [-0.4, -0.2) is 6.21 Å². The van der Waals surface area contributed by atoms with Crippen LogP contribution in [-0.2, 0) is 0 Å². The van der Waals surface area contributed by atoms with Crippen LogP contribution in [0.15, 0.2) is 26.7 Å². The summed E-state index contributed by atoms with van der Waals surface area (Å²) in [6.45, 7) is 9.73. The van der Waals surface area contributed by atoms with Gasteiger partial charge in [0.2, 0.25) is 0 Å². The van der Waals surface area contributed by atoms with Crippen molar-refractivity contribution in [3.8, 4) is 0 Å². The topological polar surface area (TPSA) is 12.4 Å². The Labute approximate surface area is 91.9 Å². The Morgan fingerprint density at radius 3 is 2.08 bits per heavy atom. The minimum atomic E-state index is 0.765. The van der Waals surface area contributed by atoms with Crippen LogP contribution in [0.1, 0.15) is 27.2 Å². The molecule has 0 aliphatic carbocycles. The smallest absolute Gasteiger partial charge is 0.101 e. The maximum atomic E-state index is 3.95. The summed E-state index contributed by atoms with van der Waals surface area (Å²) in [5.41, 5.74) is 0. The summed E-state index contributed by atoms with van der Waals surface area (Å²) in [7, 11) is 0. The van der Waals surface area contributed by atoms with Crippen molar-refractivity contribution in [1.82, 2.24) is 0 Å². The van der Waals surface area contributed by atoms with Gasteiger partial charge in [-0.15, -0.1) is 0 Å². The summed E-state index contributed by atoms with van der Waals surface area (Å²) in [5, 5.41) is 0. The van der Waals surface area contributed by atoms with Crippen molar-refractivity contribution in [2.45, 2.75) is 27.2 Å². The van der Waals surface area contributed by atoms with E-state index in [0.717, 1.165) is 9.09 Å². The maximum Gasteiger partial charge on any atom is 0.101 e. The quantitative estimate of drug-likeness (QED) is 0.520. The average molecular weight is 297 g/mol. The second-order valence-electron chi connectivity index (χ2n) is 2.02. The SMILES string of the molecule is C=C(Br)/C=N\C(Br)=C/C.CCC. The minimum absolute atomic E-state index is 0.765. The van der Waals surface area contributed by atoms with Gasteiger partial charge in [0.25, 0.3) is 0 Å². The zero-order chi connectivity index (χ0) is 9.98. The molecule has 0 saturated heterocycles. The Hall–Kier alpha value is 0.110. The molecular formula is C9H15Br2N. The van der Waals surface area contributed by atoms with Gasteiger partial charge in [0.15, 0.2) is 0 Å². The first-order valence-corrected chi connectivity index (χ1v) is 5.37. The molecule has 0 aliphatic rings. The summed E-state index contributed by atoms with van der Waals surface area (Å²) in [4.78, 5) is 3.95. The first kappa shape index (κ1) is 14.6. The van der Waals surface area contributed by atoms with Crippen LogP contribution in [0.25, 0.3) is 0 Å². The number of halogens is 2. The zero-order valence-electron chi connectivity index (χ0n) is 7.77. The van der Waals surface area contributed by atoms with E-state index in [2.05, 4.69) is 57.3 Å². The van der Waals surface area contributed by atoms with Gasteiger partial charge >= 0.3 is 0 Å². The van der Waals surface area contributed by atoms with Crippen LogP contribution in [0.3, 0.4) is 0 Å². The van der Waals surface area contributed by atoms with Gasteiger partial charge in [-0.1, -0.05) is 32.9 Å². The number of rotatable bonds is 2. The highest BCUT2D eigenvalue weighted by Crippen LogP contribution is 2.06. The molecule has 3 heteroatoms. The summed E-state index contributed by atoms with van der Waals surface area (Å²) in [5.74, 6) is 0. The molecule has 1 nitrogen and oxygen atoms in total. The van der Waals surface area contributed by atoms with Gasteiger partial charge in [-0.3, -0.25) is 0 Å².